The quantitative estimate of drug-likeness (QED) is 0.831. The molecule has 0 aliphatic carbocycles. The summed E-state index contributed by atoms with van der Waals surface area (Å²) in [5.74, 6) is 1.10. The van der Waals surface area contributed by atoms with Gasteiger partial charge in [0.1, 0.15) is 5.75 Å². The van der Waals surface area contributed by atoms with Crippen LogP contribution in [0.4, 0.5) is 0 Å². The van der Waals surface area contributed by atoms with Gasteiger partial charge in [-0.15, -0.1) is 0 Å². The van der Waals surface area contributed by atoms with Crippen molar-refractivity contribution in [2.24, 2.45) is 5.92 Å². The fourth-order valence-corrected chi connectivity index (χ4v) is 2.07. The van der Waals surface area contributed by atoms with Gasteiger partial charge >= 0.3 is 0 Å². The van der Waals surface area contributed by atoms with Gasteiger partial charge in [-0.2, -0.15) is 0 Å². The van der Waals surface area contributed by atoms with Crippen LogP contribution in [0.25, 0.3) is 0 Å². The van der Waals surface area contributed by atoms with Gasteiger partial charge in [0.2, 0.25) is 0 Å². The van der Waals surface area contributed by atoms with Crippen molar-refractivity contribution in [1.82, 2.24) is 4.90 Å². The monoisotopic (exact) mass is 313 g/mol. The molecule has 100 valence electrons. The van der Waals surface area contributed by atoms with E-state index in [1.165, 1.54) is 0 Å². The fraction of sp³-hybridized carbons (Fsp3) is 0.500. The summed E-state index contributed by atoms with van der Waals surface area (Å²) in [5.41, 5.74) is 0.603. The fourth-order valence-electron chi connectivity index (χ4n) is 1.73. The Kier molecular flexibility index (Phi) is 5.66. The number of hydrogen-bond acceptors (Lipinski definition) is 2. The lowest BCUT2D eigenvalue weighted by atomic mass is 10.1. The number of carbonyl (C=O) groups is 1. The van der Waals surface area contributed by atoms with Gasteiger partial charge in [0, 0.05) is 18.1 Å². The summed E-state index contributed by atoms with van der Waals surface area (Å²) >= 11 is 3.37. The van der Waals surface area contributed by atoms with Crippen LogP contribution < -0.4 is 4.74 Å². The molecule has 0 aromatic heterocycles. The third-order valence-corrected chi connectivity index (χ3v) is 3.52. The number of amides is 1. The Morgan fingerprint density at radius 2 is 2.17 bits per heavy atom. The highest BCUT2D eigenvalue weighted by Gasteiger charge is 2.17. The van der Waals surface area contributed by atoms with Crippen LogP contribution in [0.5, 0.6) is 5.75 Å². The largest absolute Gasteiger partial charge is 0.496 e. The first kappa shape index (κ1) is 15.0. The van der Waals surface area contributed by atoms with Crippen molar-refractivity contribution >= 4 is 21.8 Å². The first-order valence-electron chi connectivity index (χ1n) is 6.08. The molecule has 4 heteroatoms. The second-order valence-electron chi connectivity index (χ2n) is 4.54. The van der Waals surface area contributed by atoms with E-state index < -0.39 is 0 Å². The van der Waals surface area contributed by atoms with Crippen LogP contribution in [0.2, 0.25) is 0 Å². The average molecular weight is 314 g/mol. The molecule has 0 saturated heterocycles. The van der Waals surface area contributed by atoms with Gasteiger partial charge in [0.25, 0.3) is 5.91 Å². The molecule has 0 radical (unpaired) electrons. The molecule has 0 saturated carbocycles. The maximum Gasteiger partial charge on any atom is 0.257 e. The van der Waals surface area contributed by atoms with Crippen molar-refractivity contribution in [3.63, 3.8) is 0 Å². The van der Waals surface area contributed by atoms with Gasteiger partial charge in [0.05, 0.1) is 12.7 Å². The second-order valence-corrected chi connectivity index (χ2v) is 5.46. The first-order valence-corrected chi connectivity index (χ1v) is 6.87. The van der Waals surface area contributed by atoms with Crippen LogP contribution in [0.15, 0.2) is 22.7 Å². The predicted molar refractivity (Wildman–Crippen MR) is 77.1 cm³/mol. The number of ether oxygens (including phenoxy) is 1. The lowest BCUT2D eigenvalue weighted by Crippen LogP contribution is -2.31. The Morgan fingerprint density at radius 3 is 2.72 bits per heavy atom. The molecule has 1 aromatic rings. The molecule has 1 unspecified atom stereocenters. The van der Waals surface area contributed by atoms with Crippen LogP contribution in [0, 0.1) is 5.92 Å². The summed E-state index contributed by atoms with van der Waals surface area (Å²) in [6.45, 7) is 5.03. The molecule has 0 aliphatic heterocycles. The molecule has 0 N–H and O–H groups in total. The SMILES string of the molecule is CCC(C)CN(C)C(=O)c1ccc(Br)cc1OC. The summed E-state index contributed by atoms with van der Waals surface area (Å²) in [4.78, 5) is 14.1. The first-order chi connectivity index (χ1) is 8.49. The van der Waals surface area contributed by atoms with E-state index in [9.17, 15) is 4.79 Å². The number of methoxy groups -OCH3 is 1. The summed E-state index contributed by atoms with van der Waals surface area (Å²) in [5, 5.41) is 0. The Balaban J connectivity index is 2.89. The van der Waals surface area contributed by atoms with E-state index in [-0.39, 0.29) is 5.91 Å². The smallest absolute Gasteiger partial charge is 0.257 e. The highest BCUT2D eigenvalue weighted by Crippen LogP contribution is 2.24. The summed E-state index contributed by atoms with van der Waals surface area (Å²) in [6, 6.07) is 5.45. The molecule has 0 fully saturated rings. The number of rotatable bonds is 5. The molecule has 1 amide bonds. The van der Waals surface area contributed by atoms with Gasteiger partial charge in [-0.05, 0) is 24.1 Å². The Morgan fingerprint density at radius 1 is 1.50 bits per heavy atom. The van der Waals surface area contributed by atoms with Gasteiger partial charge in [0.15, 0.2) is 0 Å². The van der Waals surface area contributed by atoms with Crippen LogP contribution >= 0.6 is 15.9 Å². The van der Waals surface area contributed by atoms with E-state index in [1.807, 2.05) is 19.2 Å². The zero-order chi connectivity index (χ0) is 13.7. The topological polar surface area (TPSA) is 29.5 Å². The van der Waals surface area contributed by atoms with E-state index in [1.54, 1.807) is 18.1 Å². The van der Waals surface area contributed by atoms with Gasteiger partial charge in [-0.3, -0.25) is 4.79 Å². The van der Waals surface area contributed by atoms with Crippen LogP contribution in [0.1, 0.15) is 30.6 Å². The van der Waals surface area contributed by atoms with Crippen LogP contribution in [-0.2, 0) is 0 Å². The molecule has 1 rings (SSSR count). The third-order valence-electron chi connectivity index (χ3n) is 3.02. The Hall–Kier alpha value is -1.03. The Bertz CT molecular complexity index is 420. The van der Waals surface area contributed by atoms with E-state index in [0.717, 1.165) is 17.4 Å². The molecule has 0 bridgehead atoms. The Labute approximate surface area is 117 Å². The van der Waals surface area contributed by atoms with Gasteiger partial charge in [-0.25, -0.2) is 0 Å². The summed E-state index contributed by atoms with van der Waals surface area (Å²) in [7, 11) is 3.41. The second kappa shape index (κ2) is 6.78. The van der Waals surface area contributed by atoms with E-state index >= 15 is 0 Å². The molecule has 0 heterocycles. The minimum atomic E-state index is -0.000324. The highest BCUT2D eigenvalue weighted by molar-refractivity contribution is 9.10. The van der Waals surface area contributed by atoms with E-state index in [0.29, 0.717) is 17.2 Å². The van der Waals surface area contributed by atoms with Gasteiger partial charge < -0.3 is 9.64 Å². The maximum absolute atomic E-state index is 12.3. The zero-order valence-corrected chi connectivity index (χ0v) is 13.0. The normalized spacial score (nSPS) is 12.1. The lowest BCUT2D eigenvalue weighted by Gasteiger charge is -2.21. The highest BCUT2D eigenvalue weighted by atomic mass is 79.9. The van der Waals surface area contributed by atoms with Gasteiger partial charge in [-0.1, -0.05) is 36.2 Å². The lowest BCUT2D eigenvalue weighted by molar-refractivity contribution is 0.0771. The molecule has 3 nitrogen and oxygen atoms in total. The van der Waals surface area contributed by atoms with E-state index in [2.05, 4.69) is 29.8 Å². The van der Waals surface area contributed by atoms with Crippen LogP contribution in [-0.4, -0.2) is 31.5 Å². The zero-order valence-electron chi connectivity index (χ0n) is 11.4. The average Bonchev–Trinajstić information content (AvgIpc) is 2.37. The molecular weight excluding hydrogens is 294 g/mol. The molecule has 1 aromatic carbocycles. The van der Waals surface area contributed by atoms with Crippen molar-refractivity contribution in [3.05, 3.63) is 28.2 Å². The summed E-state index contributed by atoms with van der Waals surface area (Å²) in [6.07, 6.45) is 1.06. The van der Waals surface area contributed by atoms with Crippen molar-refractivity contribution in [2.45, 2.75) is 20.3 Å². The maximum atomic E-state index is 12.3. The molecule has 0 aliphatic rings. The number of nitrogens with zero attached hydrogens (tertiary/aromatic N) is 1. The van der Waals surface area contributed by atoms with E-state index in [4.69, 9.17) is 4.74 Å². The number of halogens is 1. The van der Waals surface area contributed by atoms with Crippen molar-refractivity contribution in [1.29, 1.82) is 0 Å². The number of hydrogen-bond donors (Lipinski definition) is 0. The van der Waals surface area contributed by atoms with Crippen molar-refractivity contribution < 1.29 is 9.53 Å². The molecule has 1 atom stereocenters. The predicted octanol–water partition coefficient (Wildman–Crippen LogP) is 3.58. The number of carbonyl (C=O) groups excluding carboxylic acids is 1. The van der Waals surface area contributed by atoms with Crippen molar-refractivity contribution in [2.75, 3.05) is 20.7 Å². The standard InChI is InChI=1S/C14H20BrNO2/c1-5-10(2)9-16(3)14(17)12-7-6-11(15)8-13(12)18-4/h6-8,10H,5,9H2,1-4H3. The molecular formula is C14H20BrNO2. The summed E-state index contributed by atoms with van der Waals surface area (Å²) < 4.78 is 6.15. The molecule has 18 heavy (non-hydrogen) atoms. The molecule has 0 spiro atoms. The minimum absolute atomic E-state index is 0.000324. The van der Waals surface area contributed by atoms with Crippen molar-refractivity contribution in [3.8, 4) is 5.75 Å². The minimum Gasteiger partial charge on any atom is -0.496 e. The number of benzene rings is 1. The third kappa shape index (κ3) is 3.73. The van der Waals surface area contributed by atoms with Crippen LogP contribution in [0.3, 0.4) is 0 Å².